The molecule has 1 aliphatic carbocycles. The summed E-state index contributed by atoms with van der Waals surface area (Å²) in [6.07, 6.45) is 6.51. The molecule has 2 nitrogen and oxygen atoms in total. The lowest BCUT2D eigenvalue weighted by Crippen LogP contribution is -2.15. The quantitative estimate of drug-likeness (QED) is 0.886. The van der Waals surface area contributed by atoms with Gasteiger partial charge in [-0.05, 0) is 30.9 Å². The van der Waals surface area contributed by atoms with Gasteiger partial charge in [0.25, 0.3) is 0 Å². The van der Waals surface area contributed by atoms with Gasteiger partial charge in [-0.1, -0.05) is 36.9 Å². The van der Waals surface area contributed by atoms with Gasteiger partial charge in [-0.15, -0.1) is 0 Å². The average molecular weight is 255 g/mol. The van der Waals surface area contributed by atoms with Gasteiger partial charge in [0.1, 0.15) is 5.75 Å². The molecule has 0 aromatic heterocycles. The number of hydrogen-bond donors (Lipinski definition) is 1. The van der Waals surface area contributed by atoms with Gasteiger partial charge < -0.3 is 9.84 Å². The highest BCUT2D eigenvalue weighted by Gasteiger charge is 2.15. The number of halogens is 1. The maximum atomic E-state index is 9.27. The highest BCUT2D eigenvalue weighted by molar-refractivity contribution is 6.31. The van der Waals surface area contributed by atoms with Gasteiger partial charge in [-0.25, -0.2) is 0 Å². The summed E-state index contributed by atoms with van der Waals surface area (Å²) < 4.78 is 5.80. The van der Waals surface area contributed by atoms with Crippen molar-refractivity contribution in [2.75, 3.05) is 6.61 Å². The number of benzene rings is 1. The fourth-order valence-corrected chi connectivity index (χ4v) is 2.61. The Hall–Kier alpha value is -0.730. The van der Waals surface area contributed by atoms with Crippen molar-refractivity contribution in [1.82, 2.24) is 0 Å². The Morgan fingerprint density at radius 2 is 2.00 bits per heavy atom. The van der Waals surface area contributed by atoms with Crippen LogP contribution in [0.2, 0.25) is 5.02 Å². The molecular formula is C14H19ClO2. The first kappa shape index (κ1) is 12.7. The monoisotopic (exact) mass is 254 g/mol. The molecule has 0 unspecified atom stereocenters. The normalized spacial score (nSPS) is 17.1. The topological polar surface area (TPSA) is 29.5 Å². The molecule has 1 aromatic rings. The third-order valence-electron chi connectivity index (χ3n) is 3.43. The zero-order valence-electron chi connectivity index (χ0n) is 9.99. The number of aliphatic hydroxyl groups is 1. The second kappa shape index (κ2) is 6.27. The first-order valence-corrected chi connectivity index (χ1v) is 6.70. The van der Waals surface area contributed by atoms with Crippen LogP contribution >= 0.6 is 11.6 Å². The van der Waals surface area contributed by atoms with Crippen LogP contribution in [0.1, 0.15) is 37.7 Å². The zero-order chi connectivity index (χ0) is 12.1. The Balaban J connectivity index is 1.95. The van der Waals surface area contributed by atoms with E-state index in [1.807, 2.05) is 12.1 Å². The van der Waals surface area contributed by atoms with E-state index in [-0.39, 0.29) is 6.61 Å². The average Bonchev–Trinajstić information content (AvgIpc) is 2.37. The van der Waals surface area contributed by atoms with Gasteiger partial charge in [0.2, 0.25) is 0 Å². The standard InChI is InChI=1S/C14H19ClO2/c15-13-7-4-8-14(12(13)9-16)17-10-11-5-2-1-3-6-11/h4,7-8,11,16H,1-3,5-6,9-10H2. The number of rotatable bonds is 4. The number of hydrogen-bond acceptors (Lipinski definition) is 2. The second-order valence-electron chi connectivity index (χ2n) is 4.69. The Labute approximate surface area is 108 Å². The predicted octanol–water partition coefficient (Wildman–Crippen LogP) is 3.79. The lowest BCUT2D eigenvalue weighted by atomic mass is 9.90. The van der Waals surface area contributed by atoms with E-state index in [0.29, 0.717) is 16.5 Å². The highest BCUT2D eigenvalue weighted by Crippen LogP contribution is 2.29. The van der Waals surface area contributed by atoms with Crippen LogP contribution in [0.25, 0.3) is 0 Å². The molecule has 1 saturated carbocycles. The summed E-state index contributed by atoms with van der Waals surface area (Å²) in [4.78, 5) is 0. The van der Waals surface area contributed by atoms with E-state index in [2.05, 4.69) is 0 Å². The molecule has 0 amide bonds. The molecule has 0 saturated heterocycles. The lowest BCUT2D eigenvalue weighted by molar-refractivity contribution is 0.201. The Morgan fingerprint density at radius 1 is 1.24 bits per heavy atom. The maximum Gasteiger partial charge on any atom is 0.126 e. The largest absolute Gasteiger partial charge is 0.493 e. The summed E-state index contributed by atoms with van der Waals surface area (Å²) in [5, 5.41) is 9.85. The molecule has 0 radical (unpaired) electrons. The van der Waals surface area contributed by atoms with E-state index in [1.54, 1.807) is 6.07 Å². The van der Waals surface area contributed by atoms with Crippen LogP contribution in [0.3, 0.4) is 0 Å². The smallest absolute Gasteiger partial charge is 0.126 e. The van der Waals surface area contributed by atoms with E-state index in [0.717, 1.165) is 12.4 Å². The minimum absolute atomic E-state index is 0.0698. The van der Waals surface area contributed by atoms with Gasteiger partial charge >= 0.3 is 0 Å². The van der Waals surface area contributed by atoms with Crippen LogP contribution in [-0.2, 0) is 6.61 Å². The van der Waals surface area contributed by atoms with E-state index in [4.69, 9.17) is 16.3 Å². The molecule has 1 N–H and O–H groups in total. The van der Waals surface area contributed by atoms with Crippen LogP contribution in [-0.4, -0.2) is 11.7 Å². The van der Waals surface area contributed by atoms with Gasteiger partial charge in [-0.3, -0.25) is 0 Å². The molecule has 17 heavy (non-hydrogen) atoms. The van der Waals surface area contributed by atoms with Crippen LogP contribution in [0, 0.1) is 5.92 Å². The third kappa shape index (κ3) is 3.36. The van der Waals surface area contributed by atoms with Gasteiger partial charge in [0.05, 0.1) is 13.2 Å². The molecule has 0 aliphatic heterocycles. The zero-order valence-corrected chi connectivity index (χ0v) is 10.7. The van der Waals surface area contributed by atoms with Crippen LogP contribution < -0.4 is 4.74 Å². The molecule has 0 spiro atoms. The van der Waals surface area contributed by atoms with E-state index >= 15 is 0 Å². The fourth-order valence-electron chi connectivity index (χ4n) is 2.39. The Bertz CT molecular complexity index is 359. The first-order chi connectivity index (χ1) is 8.31. The predicted molar refractivity (Wildman–Crippen MR) is 69.4 cm³/mol. The Morgan fingerprint density at radius 3 is 2.71 bits per heavy atom. The number of aliphatic hydroxyl groups excluding tert-OH is 1. The highest BCUT2D eigenvalue weighted by atomic mass is 35.5. The van der Waals surface area contributed by atoms with Crippen molar-refractivity contribution < 1.29 is 9.84 Å². The van der Waals surface area contributed by atoms with Crippen molar-refractivity contribution in [2.24, 2.45) is 5.92 Å². The minimum atomic E-state index is -0.0698. The summed E-state index contributed by atoms with van der Waals surface area (Å²) >= 11 is 6.01. The summed E-state index contributed by atoms with van der Waals surface area (Å²) in [6.45, 7) is 0.674. The van der Waals surface area contributed by atoms with Crippen LogP contribution in [0.15, 0.2) is 18.2 Å². The molecule has 2 rings (SSSR count). The van der Waals surface area contributed by atoms with Gasteiger partial charge in [0, 0.05) is 10.6 Å². The van der Waals surface area contributed by atoms with E-state index < -0.39 is 0 Å². The summed E-state index contributed by atoms with van der Waals surface area (Å²) in [6, 6.07) is 5.51. The molecule has 1 aromatic carbocycles. The third-order valence-corrected chi connectivity index (χ3v) is 3.79. The summed E-state index contributed by atoms with van der Waals surface area (Å²) in [5.41, 5.74) is 0.699. The second-order valence-corrected chi connectivity index (χ2v) is 5.10. The first-order valence-electron chi connectivity index (χ1n) is 6.32. The van der Waals surface area contributed by atoms with E-state index in [1.165, 1.54) is 32.1 Å². The van der Waals surface area contributed by atoms with Crippen LogP contribution in [0.4, 0.5) is 0 Å². The molecule has 1 aliphatic rings. The fraction of sp³-hybridized carbons (Fsp3) is 0.571. The molecule has 1 fully saturated rings. The summed E-state index contributed by atoms with van der Waals surface area (Å²) in [5.74, 6) is 1.39. The van der Waals surface area contributed by atoms with Crippen molar-refractivity contribution in [3.63, 3.8) is 0 Å². The van der Waals surface area contributed by atoms with Crippen molar-refractivity contribution in [3.05, 3.63) is 28.8 Å². The van der Waals surface area contributed by atoms with Crippen molar-refractivity contribution in [1.29, 1.82) is 0 Å². The Kier molecular flexibility index (Phi) is 4.69. The SMILES string of the molecule is OCc1c(Cl)cccc1OCC1CCCCC1. The molecule has 0 heterocycles. The van der Waals surface area contributed by atoms with Crippen molar-refractivity contribution >= 4 is 11.6 Å². The van der Waals surface area contributed by atoms with Gasteiger partial charge in [-0.2, -0.15) is 0 Å². The lowest BCUT2D eigenvalue weighted by Gasteiger charge is -2.22. The maximum absolute atomic E-state index is 9.27. The van der Waals surface area contributed by atoms with Crippen molar-refractivity contribution in [2.45, 2.75) is 38.7 Å². The van der Waals surface area contributed by atoms with E-state index in [9.17, 15) is 5.11 Å². The number of ether oxygens (including phenoxy) is 1. The molecule has 94 valence electrons. The van der Waals surface area contributed by atoms with Crippen LogP contribution in [0.5, 0.6) is 5.75 Å². The molecule has 0 atom stereocenters. The van der Waals surface area contributed by atoms with Gasteiger partial charge in [0.15, 0.2) is 0 Å². The minimum Gasteiger partial charge on any atom is -0.493 e. The molecule has 3 heteroatoms. The molecular weight excluding hydrogens is 236 g/mol. The molecule has 0 bridgehead atoms. The summed E-state index contributed by atoms with van der Waals surface area (Å²) in [7, 11) is 0. The van der Waals surface area contributed by atoms with Crippen molar-refractivity contribution in [3.8, 4) is 5.75 Å².